The van der Waals surface area contributed by atoms with E-state index in [9.17, 15) is 13.2 Å². The quantitative estimate of drug-likeness (QED) is 0.443. The molecule has 1 heterocycles. The zero-order valence-corrected chi connectivity index (χ0v) is 18.5. The van der Waals surface area contributed by atoms with Gasteiger partial charge in [0.1, 0.15) is 12.3 Å². The number of unbranched alkanes of at least 4 members (excludes halogenated alkanes) is 1. The highest BCUT2D eigenvalue weighted by molar-refractivity contribution is 7.89. The maximum Gasteiger partial charge on any atom is 0.259 e. The third-order valence-corrected chi connectivity index (χ3v) is 4.91. The highest BCUT2D eigenvalue weighted by Gasteiger charge is 2.13. The van der Waals surface area contributed by atoms with Crippen LogP contribution < -0.4 is 9.46 Å². The van der Waals surface area contributed by atoms with Crippen molar-refractivity contribution in [2.45, 2.75) is 12.8 Å². The number of aromatic nitrogens is 2. The largest absolute Gasteiger partial charge is 0.477 e. The average molecular weight is 456 g/mol. The molecule has 3 aromatic rings. The van der Waals surface area contributed by atoms with Gasteiger partial charge in [0.25, 0.3) is 5.91 Å². The Morgan fingerprint density at radius 3 is 2.12 bits per heavy atom. The van der Waals surface area contributed by atoms with Crippen molar-refractivity contribution in [2.75, 3.05) is 26.1 Å². The van der Waals surface area contributed by atoms with Crippen LogP contribution >= 0.6 is 0 Å². The Bertz CT molecular complexity index is 1120. The van der Waals surface area contributed by atoms with Crippen LogP contribution in [0.4, 0.5) is 0 Å². The van der Waals surface area contributed by atoms with E-state index in [2.05, 4.69) is 9.97 Å². The lowest BCUT2D eigenvalue weighted by atomic mass is 10.0. The SMILES string of the molecule is CS(=O)(=O)NC(=O)COCCCCOc1cnc(-c2ccccc2)c(-c2ccccc2)n1. The molecule has 8 nitrogen and oxygen atoms in total. The maximum absolute atomic E-state index is 11.4. The number of hydrogen-bond acceptors (Lipinski definition) is 7. The van der Waals surface area contributed by atoms with Crippen molar-refractivity contribution >= 4 is 15.9 Å². The lowest BCUT2D eigenvalue weighted by molar-refractivity contribution is -0.123. The molecule has 0 aliphatic rings. The van der Waals surface area contributed by atoms with Gasteiger partial charge in [-0.3, -0.25) is 9.52 Å². The molecule has 0 saturated heterocycles. The summed E-state index contributed by atoms with van der Waals surface area (Å²) < 4.78 is 34.7. The van der Waals surface area contributed by atoms with Crippen LogP contribution in [-0.2, 0) is 19.6 Å². The van der Waals surface area contributed by atoms with Gasteiger partial charge in [0.15, 0.2) is 0 Å². The van der Waals surface area contributed by atoms with E-state index < -0.39 is 15.9 Å². The second kappa shape index (κ2) is 11.4. The molecule has 0 unspecified atom stereocenters. The van der Waals surface area contributed by atoms with Crippen molar-refractivity contribution < 1.29 is 22.7 Å². The molecule has 1 aromatic heterocycles. The van der Waals surface area contributed by atoms with E-state index >= 15 is 0 Å². The number of hydrogen-bond donors (Lipinski definition) is 1. The van der Waals surface area contributed by atoms with Crippen LogP contribution in [0.15, 0.2) is 66.9 Å². The maximum atomic E-state index is 11.4. The summed E-state index contributed by atoms with van der Waals surface area (Å²) in [5.41, 5.74) is 3.45. The van der Waals surface area contributed by atoms with Crippen LogP contribution in [0.3, 0.4) is 0 Å². The first-order chi connectivity index (χ1) is 15.4. The Kier molecular flexibility index (Phi) is 8.29. The van der Waals surface area contributed by atoms with E-state index in [1.165, 1.54) is 0 Å². The number of nitrogens with one attached hydrogen (secondary N) is 1. The molecule has 0 aliphatic heterocycles. The van der Waals surface area contributed by atoms with Gasteiger partial charge in [0, 0.05) is 17.7 Å². The fourth-order valence-electron chi connectivity index (χ4n) is 2.93. The summed E-state index contributed by atoms with van der Waals surface area (Å²) in [6.07, 6.45) is 3.85. The van der Waals surface area contributed by atoms with Crippen molar-refractivity contribution in [3.05, 3.63) is 66.9 Å². The number of sulfonamides is 1. The van der Waals surface area contributed by atoms with E-state index in [1.807, 2.05) is 65.4 Å². The molecular weight excluding hydrogens is 430 g/mol. The van der Waals surface area contributed by atoms with Crippen molar-refractivity contribution in [2.24, 2.45) is 0 Å². The fourth-order valence-corrected chi connectivity index (χ4v) is 3.40. The number of rotatable bonds is 11. The zero-order chi connectivity index (χ0) is 22.8. The summed E-state index contributed by atoms with van der Waals surface area (Å²) in [6.45, 7) is 0.418. The summed E-state index contributed by atoms with van der Waals surface area (Å²) in [7, 11) is -3.56. The molecule has 1 amide bonds. The van der Waals surface area contributed by atoms with Crippen LogP contribution in [0.25, 0.3) is 22.5 Å². The normalized spacial score (nSPS) is 11.2. The molecule has 2 aromatic carbocycles. The minimum absolute atomic E-state index is 0.305. The number of carbonyl (C=O) groups excluding carboxylic acids is 1. The first kappa shape index (κ1) is 23.4. The molecule has 9 heteroatoms. The predicted octanol–water partition coefficient (Wildman–Crippen LogP) is 3.06. The summed E-state index contributed by atoms with van der Waals surface area (Å²) in [4.78, 5) is 20.6. The molecule has 32 heavy (non-hydrogen) atoms. The third-order valence-electron chi connectivity index (χ3n) is 4.31. The van der Waals surface area contributed by atoms with Gasteiger partial charge in [0.2, 0.25) is 15.9 Å². The van der Waals surface area contributed by atoms with Gasteiger partial charge < -0.3 is 9.47 Å². The molecule has 0 fully saturated rings. The summed E-state index contributed by atoms with van der Waals surface area (Å²) in [6, 6.07) is 19.7. The predicted molar refractivity (Wildman–Crippen MR) is 121 cm³/mol. The Hall–Kier alpha value is -3.30. The highest BCUT2D eigenvalue weighted by Crippen LogP contribution is 2.30. The first-order valence-corrected chi connectivity index (χ1v) is 12.0. The van der Waals surface area contributed by atoms with Crippen molar-refractivity contribution in [3.8, 4) is 28.4 Å². The van der Waals surface area contributed by atoms with Crippen molar-refractivity contribution in [1.82, 2.24) is 14.7 Å². The van der Waals surface area contributed by atoms with Crippen LogP contribution in [-0.4, -0.2) is 50.4 Å². The smallest absolute Gasteiger partial charge is 0.259 e. The van der Waals surface area contributed by atoms with E-state index in [-0.39, 0.29) is 6.61 Å². The number of carbonyl (C=O) groups is 1. The number of amides is 1. The number of benzene rings is 2. The van der Waals surface area contributed by atoms with Crippen LogP contribution in [0.2, 0.25) is 0 Å². The average Bonchev–Trinajstić information content (AvgIpc) is 2.78. The second-order valence-corrected chi connectivity index (χ2v) is 8.79. The van der Waals surface area contributed by atoms with Gasteiger partial charge in [0.05, 0.1) is 24.8 Å². The molecule has 1 N–H and O–H groups in total. The van der Waals surface area contributed by atoms with Crippen molar-refractivity contribution in [3.63, 3.8) is 0 Å². The van der Waals surface area contributed by atoms with Crippen molar-refractivity contribution in [1.29, 1.82) is 0 Å². The number of ether oxygens (including phenoxy) is 2. The Morgan fingerprint density at radius 1 is 0.906 bits per heavy atom. The molecule has 3 rings (SSSR count). The van der Waals surface area contributed by atoms with Gasteiger partial charge >= 0.3 is 0 Å². The monoisotopic (exact) mass is 455 g/mol. The first-order valence-electron chi connectivity index (χ1n) is 10.1. The van der Waals surface area contributed by atoms with Gasteiger partial charge in [-0.1, -0.05) is 60.7 Å². The lowest BCUT2D eigenvalue weighted by Gasteiger charge is -2.11. The minimum Gasteiger partial charge on any atom is -0.477 e. The van der Waals surface area contributed by atoms with E-state index in [1.54, 1.807) is 6.20 Å². The molecule has 0 bridgehead atoms. The zero-order valence-electron chi connectivity index (χ0n) is 17.7. The van der Waals surface area contributed by atoms with E-state index in [0.29, 0.717) is 31.9 Å². The standard InChI is InChI=1S/C23H25N3O5S/c1-32(28,29)26-20(27)17-30-14-8-9-15-31-21-16-24-22(18-10-4-2-5-11-18)23(25-21)19-12-6-3-7-13-19/h2-7,10-13,16H,8-9,14-15,17H2,1H3,(H,26,27). The molecule has 0 aliphatic carbocycles. The summed E-state index contributed by atoms with van der Waals surface area (Å²) >= 11 is 0. The highest BCUT2D eigenvalue weighted by atomic mass is 32.2. The summed E-state index contributed by atoms with van der Waals surface area (Å²) in [5.74, 6) is -0.261. The van der Waals surface area contributed by atoms with Crippen LogP contribution in [0.5, 0.6) is 5.88 Å². The third kappa shape index (κ3) is 7.44. The van der Waals surface area contributed by atoms with Gasteiger partial charge in [-0.25, -0.2) is 18.4 Å². The molecule has 0 spiro atoms. The number of nitrogens with zero attached hydrogens (tertiary/aromatic N) is 2. The van der Waals surface area contributed by atoms with Crippen LogP contribution in [0.1, 0.15) is 12.8 Å². The Labute approximate surface area is 187 Å². The van der Waals surface area contributed by atoms with Gasteiger partial charge in [-0.2, -0.15) is 0 Å². The molecule has 0 atom stereocenters. The minimum atomic E-state index is -3.56. The van der Waals surface area contributed by atoms with E-state index in [4.69, 9.17) is 9.47 Å². The molecule has 0 radical (unpaired) electrons. The topological polar surface area (TPSA) is 107 Å². The Balaban J connectivity index is 1.54. The molecular formula is C23H25N3O5S. The van der Waals surface area contributed by atoms with E-state index in [0.717, 1.165) is 28.8 Å². The Morgan fingerprint density at radius 2 is 1.50 bits per heavy atom. The fraction of sp³-hybridized carbons (Fsp3) is 0.261. The summed E-state index contributed by atoms with van der Waals surface area (Å²) in [5, 5.41) is 0. The van der Waals surface area contributed by atoms with Crippen LogP contribution in [0, 0.1) is 0 Å². The lowest BCUT2D eigenvalue weighted by Crippen LogP contribution is -2.32. The molecule has 0 saturated carbocycles. The second-order valence-electron chi connectivity index (χ2n) is 7.04. The van der Waals surface area contributed by atoms with Gasteiger partial charge in [-0.05, 0) is 12.8 Å². The van der Waals surface area contributed by atoms with Gasteiger partial charge in [-0.15, -0.1) is 0 Å². The molecule has 168 valence electrons.